The zero-order valence-corrected chi connectivity index (χ0v) is 15.4. The lowest BCUT2D eigenvalue weighted by molar-refractivity contribution is 0.115. The van der Waals surface area contributed by atoms with Crippen LogP contribution >= 0.6 is 12.2 Å². The molecule has 2 bridgehead atoms. The molecule has 2 saturated heterocycles. The van der Waals surface area contributed by atoms with E-state index in [0.717, 1.165) is 31.2 Å². The van der Waals surface area contributed by atoms with Gasteiger partial charge in [0.1, 0.15) is 0 Å². The van der Waals surface area contributed by atoms with Crippen LogP contribution < -0.4 is 10.6 Å². The van der Waals surface area contributed by atoms with E-state index in [0.29, 0.717) is 18.1 Å². The Morgan fingerprint density at radius 3 is 2.58 bits per heavy atom. The van der Waals surface area contributed by atoms with Crippen molar-refractivity contribution in [2.75, 3.05) is 20.3 Å². The molecular weight excluding hydrogens is 318 g/mol. The maximum absolute atomic E-state index is 5.44. The van der Waals surface area contributed by atoms with Gasteiger partial charge in [-0.1, -0.05) is 30.3 Å². The number of rotatable bonds is 7. The predicted octanol–water partition coefficient (Wildman–Crippen LogP) is 2.68. The van der Waals surface area contributed by atoms with E-state index in [-0.39, 0.29) is 0 Å². The summed E-state index contributed by atoms with van der Waals surface area (Å²) in [6.07, 6.45) is 6.03. The third kappa shape index (κ3) is 4.68. The minimum Gasteiger partial charge on any atom is -0.385 e. The van der Waals surface area contributed by atoms with E-state index in [1.54, 1.807) is 7.11 Å². The van der Waals surface area contributed by atoms with Crippen molar-refractivity contribution in [3.05, 3.63) is 35.9 Å². The summed E-state index contributed by atoms with van der Waals surface area (Å²) in [5.74, 6) is 0. The molecule has 132 valence electrons. The molecule has 2 fully saturated rings. The number of piperidine rings is 1. The van der Waals surface area contributed by atoms with Crippen LogP contribution in [0.1, 0.15) is 37.7 Å². The van der Waals surface area contributed by atoms with Crippen molar-refractivity contribution in [1.29, 1.82) is 0 Å². The molecule has 0 unspecified atom stereocenters. The molecule has 0 radical (unpaired) electrons. The summed E-state index contributed by atoms with van der Waals surface area (Å²) in [7, 11) is 1.73. The number of nitrogens with one attached hydrogen (secondary N) is 2. The molecule has 3 rings (SSSR count). The van der Waals surface area contributed by atoms with Crippen molar-refractivity contribution in [3.63, 3.8) is 0 Å². The summed E-state index contributed by atoms with van der Waals surface area (Å²) in [5.41, 5.74) is 1.43. The minimum atomic E-state index is 0.511. The number of hydrogen-bond donors (Lipinski definition) is 2. The van der Waals surface area contributed by atoms with Crippen molar-refractivity contribution in [2.45, 2.75) is 56.8 Å². The Balaban J connectivity index is 1.45. The third-order valence-corrected chi connectivity index (χ3v) is 5.50. The molecule has 5 heteroatoms. The lowest BCUT2D eigenvalue weighted by Crippen LogP contribution is -2.51. The van der Waals surface area contributed by atoms with Gasteiger partial charge in [0.15, 0.2) is 5.11 Å². The van der Waals surface area contributed by atoms with E-state index in [1.165, 1.54) is 31.2 Å². The van der Waals surface area contributed by atoms with E-state index in [2.05, 4.69) is 45.9 Å². The number of nitrogens with zero attached hydrogens (tertiary/aromatic N) is 1. The fraction of sp³-hybridized carbons (Fsp3) is 0.632. The molecule has 2 aliphatic heterocycles. The van der Waals surface area contributed by atoms with Gasteiger partial charge in [0, 0.05) is 44.9 Å². The average Bonchev–Trinajstić information content (AvgIpc) is 2.82. The minimum absolute atomic E-state index is 0.511. The Labute approximate surface area is 150 Å². The molecule has 2 heterocycles. The largest absolute Gasteiger partial charge is 0.385 e. The van der Waals surface area contributed by atoms with Crippen molar-refractivity contribution in [2.24, 2.45) is 0 Å². The van der Waals surface area contributed by atoms with Crippen molar-refractivity contribution < 1.29 is 4.74 Å². The molecule has 1 aromatic rings. The molecular formula is C19H29N3OS. The Kier molecular flexibility index (Phi) is 6.46. The van der Waals surface area contributed by atoms with Crippen LogP contribution in [0.2, 0.25) is 0 Å². The predicted molar refractivity (Wildman–Crippen MR) is 102 cm³/mol. The maximum atomic E-state index is 5.44. The molecule has 0 aromatic heterocycles. The standard InChI is InChI=1S/C19H29N3OS/c1-23-11-5-10-20-19(24)21-16-12-17-8-9-18(13-16)22(17)14-15-6-3-2-4-7-15/h2-4,6-7,16-18H,5,8-14H2,1H3,(H2,20,21,24)/t17-,18-/m0/s1. The first-order valence-corrected chi connectivity index (χ1v) is 9.50. The van der Waals surface area contributed by atoms with E-state index >= 15 is 0 Å². The molecule has 2 aliphatic rings. The molecule has 0 saturated carbocycles. The fourth-order valence-corrected chi connectivity index (χ4v) is 4.37. The van der Waals surface area contributed by atoms with Crippen LogP contribution in [0, 0.1) is 0 Å². The van der Waals surface area contributed by atoms with Crippen molar-refractivity contribution in [1.82, 2.24) is 15.5 Å². The van der Waals surface area contributed by atoms with Crippen LogP contribution in [0.15, 0.2) is 30.3 Å². The second kappa shape index (κ2) is 8.79. The first kappa shape index (κ1) is 17.6. The van der Waals surface area contributed by atoms with Gasteiger partial charge in [-0.2, -0.15) is 0 Å². The van der Waals surface area contributed by atoms with Crippen LogP contribution in [0.5, 0.6) is 0 Å². The Bertz CT molecular complexity index is 511. The van der Waals surface area contributed by atoms with E-state index in [4.69, 9.17) is 17.0 Å². The average molecular weight is 348 g/mol. The Hall–Kier alpha value is -1.17. The van der Waals surface area contributed by atoms with Crippen molar-refractivity contribution in [3.8, 4) is 0 Å². The van der Waals surface area contributed by atoms with Gasteiger partial charge in [-0.15, -0.1) is 0 Å². The highest BCUT2D eigenvalue weighted by Crippen LogP contribution is 2.36. The topological polar surface area (TPSA) is 36.5 Å². The number of methoxy groups -OCH3 is 1. The van der Waals surface area contributed by atoms with Crippen LogP contribution in [-0.4, -0.2) is 48.4 Å². The lowest BCUT2D eigenvalue weighted by Gasteiger charge is -2.39. The zero-order chi connectivity index (χ0) is 16.8. The van der Waals surface area contributed by atoms with Crippen LogP contribution in [0.4, 0.5) is 0 Å². The van der Waals surface area contributed by atoms with Gasteiger partial charge in [-0.3, -0.25) is 4.90 Å². The number of ether oxygens (including phenoxy) is 1. The second-order valence-electron chi connectivity index (χ2n) is 6.96. The molecule has 1 aromatic carbocycles. The summed E-state index contributed by atoms with van der Waals surface area (Å²) >= 11 is 5.44. The summed E-state index contributed by atoms with van der Waals surface area (Å²) in [4.78, 5) is 2.71. The highest BCUT2D eigenvalue weighted by molar-refractivity contribution is 7.80. The highest BCUT2D eigenvalue weighted by atomic mass is 32.1. The lowest BCUT2D eigenvalue weighted by atomic mass is 9.96. The number of fused-ring (bicyclic) bond motifs is 2. The third-order valence-electron chi connectivity index (χ3n) is 5.24. The molecule has 2 N–H and O–H groups in total. The zero-order valence-electron chi connectivity index (χ0n) is 14.5. The molecule has 24 heavy (non-hydrogen) atoms. The summed E-state index contributed by atoms with van der Waals surface area (Å²) in [6.45, 7) is 2.74. The number of thiocarbonyl (C=S) groups is 1. The normalized spacial score (nSPS) is 26.3. The van der Waals surface area contributed by atoms with Gasteiger partial charge < -0.3 is 15.4 Å². The number of benzene rings is 1. The Morgan fingerprint density at radius 2 is 1.92 bits per heavy atom. The monoisotopic (exact) mass is 347 g/mol. The van der Waals surface area contributed by atoms with Crippen LogP contribution in [0.25, 0.3) is 0 Å². The summed E-state index contributed by atoms with van der Waals surface area (Å²) < 4.78 is 5.06. The Morgan fingerprint density at radius 1 is 1.21 bits per heavy atom. The van der Waals surface area contributed by atoms with Gasteiger partial charge in [-0.25, -0.2) is 0 Å². The molecule has 4 nitrogen and oxygen atoms in total. The summed E-state index contributed by atoms with van der Waals surface area (Å²) in [5, 5.41) is 7.62. The van der Waals surface area contributed by atoms with E-state index in [9.17, 15) is 0 Å². The molecule has 0 amide bonds. The van der Waals surface area contributed by atoms with Gasteiger partial charge >= 0.3 is 0 Å². The maximum Gasteiger partial charge on any atom is 0.166 e. The first-order valence-electron chi connectivity index (χ1n) is 9.09. The smallest absolute Gasteiger partial charge is 0.166 e. The van der Waals surface area contributed by atoms with E-state index < -0.39 is 0 Å². The first-order chi connectivity index (χ1) is 11.8. The highest BCUT2D eigenvalue weighted by Gasteiger charge is 2.40. The van der Waals surface area contributed by atoms with Gasteiger partial charge in [0.25, 0.3) is 0 Å². The van der Waals surface area contributed by atoms with Gasteiger partial charge in [0.05, 0.1) is 0 Å². The quantitative estimate of drug-likeness (QED) is 0.586. The van der Waals surface area contributed by atoms with Crippen LogP contribution in [0.3, 0.4) is 0 Å². The van der Waals surface area contributed by atoms with Crippen molar-refractivity contribution >= 4 is 17.3 Å². The molecule has 0 aliphatic carbocycles. The summed E-state index contributed by atoms with van der Waals surface area (Å²) in [6, 6.07) is 12.7. The van der Waals surface area contributed by atoms with Gasteiger partial charge in [0.2, 0.25) is 0 Å². The van der Waals surface area contributed by atoms with E-state index in [1.807, 2.05) is 0 Å². The molecule has 2 atom stereocenters. The van der Waals surface area contributed by atoms with Gasteiger partial charge in [-0.05, 0) is 49.9 Å². The van der Waals surface area contributed by atoms with Crippen LogP contribution in [-0.2, 0) is 11.3 Å². The molecule has 0 spiro atoms. The second-order valence-corrected chi connectivity index (χ2v) is 7.37. The number of hydrogen-bond acceptors (Lipinski definition) is 3. The fourth-order valence-electron chi connectivity index (χ4n) is 4.10. The SMILES string of the molecule is COCCCNC(=S)NC1C[C@@H]2CC[C@@H](C1)N2Cc1ccccc1.